The number of thiazole rings is 1. The highest BCUT2D eigenvalue weighted by Gasteiger charge is 2.38. The number of nitro groups is 1. The number of nitrogens with one attached hydrogen (secondary N) is 1. The third-order valence-corrected chi connectivity index (χ3v) is 5.78. The second kappa shape index (κ2) is 6.93. The molecule has 0 aliphatic carbocycles. The predicted octanol–water partition coefficient (Wildman–Crippen LogP) is 4.73. The quantitative estimate of drug-likeness (QED) is 0.387. The zero-order valence-electron chi connectivity index (χ0n) is 13.6. The van der Waals surface area contributed by atoms with Crippen molar-refractivity contribution in [3.63, 3.8) is 0 Å². The fourth-order valence-electron chi connectivity index (χ4n) is 2.65. The number of non-ortho nitro benzene ring substituents is 1. The van der Waals surface area contributed by atoms with Gasteiger partial charge in [-0.2, -0.15) is 0 Å². The minimum Gasteiger partial charge on any atom is -0.457 e. The van der Waals surface area contributed by atoms with Crippen molar-refractivity contribution in [3.05, 3.63) is 73.8 Å². The first-order chi connectivity index (χ1) is 13.0. The molecule has 1 aromatic carbocycles. The molecular formula is C18H11N3O4S2. The summed E-state index contributed by atoms with van der Waals surface area (Å²) in [7, 11) is 0. The van der Waals surface area contributed by atoms with Crippen molar-refractivity contribution in [2.24, 2.45) is 0 Å². The molecule has 0 spiro atoms. The van der Waals surface area contributed by atoms with Crippen LogP contribution in [0.3, 0.4) is 0 Å². The molecule has 134 valence electrons. The number of hydrogen-bond donors (Lipinski definition) is 1. The van der Waals surface area contributed by atoms with Gasteiger partial charge in [0.1, 0.15) is 22.4 Å². The highest BCUT2D eigenvalue weighted by atomic mass is 32.2. The van der Waals surface area contributed by atoms with Gasteiger partial charge >= 0.3 is 0 Å². The third kappa shape index (κ3) is 3.34. The van der Waals surface area contributed by atoms with Crippen LogP contribution in [0, 0.1) is 15.5 Å². The van der Waals surface area contributed by atoms with Gasteiger partial charge in [0.2, 0.25) is 0 Å². The molecule has 1 aliphatic heterocycles. The maximum atomic E-state index is 12.6. The standard InChI is InChI=1S/C18H11N3O4S2/c19-17-15(18-20-7-8-26-18)16(22)14(27-17)9-12-5-6-13(25-12)10-1-3-11(4-2-10)21(23)24/h1-9,15,19H/b14-9-,19-17?/t15-/m0/s1. The molecule has 0 radical (unpaired) electrons. The van der Waals surface area contributed by atoms with Crippen molar-refractivity contribution in [1.82, 2.24) is 4.98 Å². The van der Waals surface area contributed by atoms with Crippen molar-refractivity contribution in [2.75, 3.05) is 0 Å². The fraction of sp³-hybridized carbons (Fsp3) is 0.0556. The molecule has 1 fully saturated rings. The number of thioether (sulfide) groups is 1. The molecule has 0 amide bonds. The van der Waals surface area contributed by atoms with Crippen LogP contribution in [0.25, 0.3) is 17.4 Å². The molecular weight excluding hydrogens is 386 g/mol. The number of nitro benzene ring substituents is 1. The van der Waals surface area contributed by atoms with Gasteiger partial charge in [-0.3, -0.25) is 20.3 Å². The number of furan rings is 1. The molecule has 1 aliphatic rings. The van der Waals surface area contributed by atoms with E-state index in [1.165, 1.54) is 23.5 Å². The van der Waals surface area contributed by atoms with E-state index in [-0.39, 0.29) is 16.5 Å². The Morgan fingerprint density at radius 3 is 2.67 bits per heavy atom. The van der Waals surface area contributed by atoms with Crippen molar-refractivity contribution >= 4 is 45.7 Å². The molecule has 2 aromatic heterocycles. The van der Waals surface area contributed by atoms with Crippen LogP contribution in [0.2, 0.25) is 0 Å². The van der Waals surface area contributed by atoms with E-state index in [2.05, 4.69) is 4.98 Å². The van der Waals surface area contributed by atoms with Crippen LogP contribution in [-0.4, -0.2) is 20.7 Å². The van der Waals surface area contributed by atoms with Crippen LogP contribution in [0.5, 0.6) is 0 Å². The molecule has 0 bridgehead atoms. The number of carbonyl (C=O) groups excluding carboxylic acids is 1. The van der Waals surface area contributed by atoms with Crippen LogP contribution in [-0.2, 0) is 4.79 Å². The molecule has 0 unspecified atom stereocenters. The van der Waals surface area contributed by atoms with E-state index in [4.69, 9.17) is 9.83 Å². The second-order valence-corrected chi connectivity index (χ2v) is 7.66. The third-order valence-electron chi connectivity index (χ3n) is 3.95. The first-order valence-corrected chi connectivity index (χ1v) is 9.49. The van der Waals surface area contributed by atoms with E-state index < -0.39 is 10.8 Å². The van der Waals surface area contributed by atoms with Gasteiger partial charge in [-0.1, -0.05) is 11.8 Å². The van der Waals surface area contributed by atoms with Crippen molar-refractivity contribution in [2.45, 2.75) is 5.92 Å². The molecule has 1 N–H and O–H groups in total. The number of allylic oxidation sites excluding steroid dienone is 1. The van der Waals surface area contributed by atoms with Gasteiger partial charge < -0.3 is 4.42 Å². The summed E-state index contributed by atoms with van der Waals surface area (Å²) in [6, 6.07) is 9.49. The van der Waals surface area contributed by atoms with Gasteiger partial charge in [0.05, 0.1) is 14.9 Å². The Bertz CT molecular complexity index is 1070. The SMILES string of the molecule is N=C1S/C(=C\c2ccc(-c3ccc([N+](=O)[O-])cc3)o2)C(=O)[C@@H]1c1nccs1. The summed E-state index contributed by atoms with van der Waals surface area (Å²) >= 11 is 2.47. The monoisotopic (exact) mass is 397 g/mol. The first kappa shape index (κ1) is 17.4. The second-order valence-electron chi connectivity index (χ2n) is 5.65. The zero-order chi connectivity index (χ0) is 19.0. The van der Waals surface area contributed by atoms with Gasteiger partial charge in [-0.05, 0) is 30.3 Å². The van der Waals surface area contributed by atoms with Gasteiger partial charge in [-0.15, -0.1) is 11.3 Å². The number of nitrogens with zero attached hydrogens (tertiary/aromatic N) is 2. The lowest BCUT2D eigenvalue weighted by molar-refractivity contribution is -0.384. The first-order valence-electron chi connectivity index (χ1n) is 7.79. The van der Waals surface area contributed by atoms with Crippen molar-refractivity contribution < 1.29 is 14.1 Å². The Balaban J connectivity index is 1.58. The van der Waals surface area contributed by atoms with E-state index in [0.29, 0.717) is 27.0 Å². The minimum atomic E-state index is -0.634. The molecule has 3 heterocycles. The molecule has 7 nitrogen and oxygen atoms in total. The van der Waals surface area contributed by atoms with Gasteiger partial charge in [0, 0.05) is 29.3 Å². The fourth-order valence-corrected chi connectivity index (χ4v) is 4.44. The Labute approximate surface area is 161 Å². The van der Waals surface area contributed by atoms with Gasteiger partial charge in [0.25, 0.3) is 5.69 Å². The topological polar surface area (TPSA) is 110 Å². The predicted molar refractivity (Wildman–Crippen MR) is 104 cm³/mol. The summed E-state index contributed by atoms with van der Waals surface area (Å²) in [6.07, 6.45) is 3.24. The lowest BCUT2D eigenvalue weighted by Gasteiger charge is -2.01. The number of rotatable bonds is 4. The molecule has 27 heavy (non-hydrogen) atoms. The van der Waals surface area contributed by atoms with Crippen molar-refractivity contribution in [1.29, 1.82) is 5.41 Å². The number of hydrogen-bond acceptors (Lipinski definition) is 8. The number of benzene rings is 1. The van der Waals surface area contributed by atoms with E-state index in [9.17, 15) is 14.9 Å². The van der Waals surface area contributed by atoms with Crippen LogP contribution >= 0.6 is 23.1 Å². The Morgan fingerprint density at radius 2 is 2.00 bits per heavy atom. The maximum absolute atomic E-state index is 12.6. The number of ketones is 1. The van der Waals surface area contributed by atoms with E-state index in [1.54, 1.807) is 41.9 Å². The van der Waals surface area contributed by atoms with Crippen LogP contribution in [0.1, 0.15) is 16.7 Å². The summed E-state index contributed by atoms with van der Waals surface area (Å²) < 4.78 is 5.75. The highest BCUT2D eigenvalue weighted by molar-refractivity contribution is 8.19. The molecule has 3 aromatic rings. The summed E-state index contributed by atoms with van der Waals surface area (Å²) in [4.78, 5) is 27.5. The summed E-state index contributed by atoms with van der Waals surface area (Å²) in [5, 5.41) is 21.5. The zero-order valence-corrected chi connectivity index (χ0v) is 15.3. The Hall–Kier alpha value is -3.04. The Morgan fingerprint density at radius 1 is 1.22 bits per heavy atom. The van der Waals surface area contributed by atoms with Gasteiger partial charge in [0.15, 0.2) is 5.78 Å². The molecule has 1 saturated heterocycles. The minimum absolute atomic E-state index is 0.00680. The Kier molecular flexibility index (Phi) is 4.46. The lowest BCUT2D eigenvalue weighted by Crippen LogP contribution is -2.11. The highest BCUT2D eigenvalue weighted by Crippen LogP contribution is 2.41. The number of carbonyl (C=O) groups is 1. The van der Waals surface area contributed by atoms with E-state index in [0.717, 1.165) is 11.8 Å². The normalized spacial score (nSPS) is 18.4. The largest absolute Gasteiger partial charge is 0.457 e. The van der Waals surface area contributed by atoms with Crippen LogP contribution < -0.4 is 0 Å². The lowest BCUT2D eigenvalue weighted by atomic mass is 10.1. The summed E-state index contributed by atoms with van der Waals surface area (Å²) in [6.45, 7) is 0. The number of aromatic nitrogens is 1. The van der Waals surface area contributed by atoms with Crippen LogP contribution in [0.4, 0.5) is 5.69 Å². The average Bonchev–Trinajstić information content (AvgIpc) is 3.38. The smallest absolute Gasteiger partial charge is 0.269 e. The molecule has 9 heteroatoms. The summed E-state index contributed by atoms with van der Waals surface area (Å²) in [5.74, 6) is 0.226. The average molecular weight is 397 g/mol. The molecule has 1 atom stereocenters. The molecule has 0 saturated carbocycles. The van der Waals surface area contributed by atoms with Gasteiger partial charge in [-0.25, -0.2) is 4.98 Å². The summed E-state index contributed by atoms with van der Waals surface area (Å²) in [5.41, 5.74) is 0.705. The van der Waals surface area contributed by atoms with Crippen molar-refractivity contribution in [3.8, 4) is 11.3 Å². The maximum Gasteiger partial charge on any atom is 0.269 e. The molecule has 4 rings (SSSR count). The number of Topliss-reactive ketones (excluding diaryl/α,β-unsaturated/α-hetero) is 1. The van der Waals surface area contributed by atoms with Crippen LogP contribution in [0.15, 0.2) is 57.3 Å². The van der Waals surface area contributed by atoms with E-state index in [1.807, 2.05) is 0 Å². The van der Waals surface area contributed by atoms with E-state index >= 15 is 0 Å².